The summed E-state index contributed by atoms with van der Waals surface area (Å²) in [5.41, 5.74) is 2.59. The third kappa shape index (κ3) is 2.23. The summed E-state index contributed by atoms with van der Waals surface area (Å²) in [6, 6.07) is 35.9. The molecule has 0 saturated carbocycles. The third-order valence-corrected chi connectivity index (χ3v) is 9.90. The summed E-state index contributed by atoms with van der Waals surface area (Å²) in [4.78, 5) is 0. The zero-order valence-electron chi connectivity index (χ0n) is 18.6. The Morgan fingerprint density at radius 1 is 0.457 bits per heavy atom. The van der Waals surface area contributed by atoms with Crippen molar-refractivity contribution in [1.29, 1.82) is 0 Å². The maximum absolute atomic E-state index is 2.44. The number of aromatic nitrogens is 1. The number of benzene rings is 5. The van der Waals surface area contributed by atoms with Gasteiger partial charge >= 0.3 is 0 Å². The summed E-state index contributed by atoms with van der Waals surface area (Å²) in [6.45, 7) is 0. The van der Waals surface area contributed by atoms with Crippen molar-refractivity contribution in [3.63, 3.8) is 0 Å². The highest BCUT2D eigenvalue weighted by Gasteiger charge is 2.20. The van der Waals surface area contributed by atoms with Gasteiger partial charge in [-0.1, -0.05) is 72.8 Å². The van der Waals surface area contributed by atoms with Gasteiger partial charge in [0.25, 0.3) is 0 Å². The van der Waals surface area contributed by atoms with Crippen molar-refractivity contribution in [3.8, 4) is 0 Å². The average Bonchev–Trinajstić information content (AvgIpc) is 3.59. The molecule has 35 heavy (non-hydrogen) atoms. The number of rotatable bonds is 0. The van der Waals surface area contributed by atoms with Gasteiger partial charge in [-0.25, -0.2) is 0 Å². The number of hydrogen-bond acceptors (Lipinski definition) is 2. The predicted octanol–water partition coefficient (Wildman–Crippen LogP) is 10.1. The van der Waals surface area contributed by atoms with Gasteiger partial charge in [0.05, 0.1) is 11.0 Å². The van der Waals surface area contributed by atoms with Crippen LogP contribution in [0.15, 0.2) is 103 Å². The van der Waals surface area contributed by atoms with Crippen LogP contribution in [0.3, 0.4) is 0 Å². The molecule has 162 valence electrons. The van der Waals surface area contributed by atoms with E-state index < -0.39 is 0 Å². The number of hydrogen-bond donors (Lipinski definition) is 0. The third-order valence-electron chi connectivity index (χ3n) is 7.56. The quantitative estimate of drug-likeness (QED) is 0.191. The van der Waals surface area contributed by atoms with Crippen LogP contribution in [-0.4, -0.2) is 4.40 Å². The van der Waals surface area contributed by atoms with E-state index in [4.69, 9.17) is 0 Å². The Bertz CT molecular complexity index is 2320. The van der Waals surface area contributed by atoms with Crippen LogP contribution in [0.1, 0.15) is 0 Å². The molecule has 9 rings (SSSR count). The highest BCUT2D eigenvalue weighted by atomic mass is 32.1. The molecular weight excluding hydrogens is 462 g/mol. The SMILES string of the molecule is c1ccc2c(c1)cn1c3ccc4c5ccccc5sc4c3c3c(ccc4sc5ccccc5c43)c21. The highest BCUT2D eigenvalue weighted by molar-refractivity contribution is 7.27. The normalized spacial score (nSPS) is 12.6. The molecule has 0 aliphatic carbocycles. The van der Waals surface area contributed by atoms with Crippen molar-refractivity contribution in [1.82, 2.24) is 4.40 Å². The van der Waals surface area contributed by atoms with E-state index in [2.05, 4.69) is 108 Å². The minimum Gasteiger partial charge on any atom is -0.315 e. The van der Waals surface area contributed by atoms with Crippen LogP contribution in [-0.2, 0) is 0 Å². The summed E-state index contributed by atoms with van der Waals surface area (Å²) in [5, 5.41) is 12.2. The minimum absolute atomic E-state index is 1.28. The molecule has 5 aromatic carbocycles. The van der Waals surface area contributed by atoms with Gasteiger partial charge < -0.3 is 4.40 Å². The van der Waals surface area contributed by atoms with Gasteiger partial charge in [0.2, 0.25) is 0 Å². The van der Waals surface area contributed by atoms with Gasteiger partial charge in [-0.3, -0.25) is 0 Å². The second-order valence-electron chi connectivity index (χ2n) is 9.33. The van der Waals surface area contributed by atoms with Crippen molar-refractivity contribution < 1.29 is 0 Å². The van der Waals surface area contributed by atoms with Crippen LogP contribution in [0, 0.1) is 0 Å². The highest BCUT2D eigenvalue weighted by Crippen LogP contribution is 2.47. The van der Waals surface area contributed by atoms with E-state index in [1.807, 2.05) is 22.7 Å². The topological polar surface area (TPSA) is 4.41 Å². The smallest absolute Gasteiger partial charge is 0.0613 e. The maximum Gasteiger partial charge on any atom is 0.0613 e. The molecule has 0 unspecified atom stereocenters. The van der Waals surface area contributed by atoms with E-state index >= 15 is 0 Å². The van der Waals surface area contributed by atoms with Gasteiger partial charge in [0, 0.05) is 73.5 Å². The lowest BCUT2D eigenvalue weighted by Crippen LogP contribution is -1.90. The van der Waals surface area contributed by atoms with Gasteiger partial charge in [0.1, 0.15) is 0 Å². The maximum atomic E-state index is 2.44. The molecule has 0 atom stereocenters. The lowest BCUT2D eigenvalue weighted by molar-refractivity contribution is 1.30. The molecule has 0 fully saturated rings. The van der Waals surface area contributed by atoms with Gasteiger partial charge in [-0.05, 0) is 24.3 Å². The summed E-state index contributed by atoms with van der Waals surface area (Å²) >= 11 is 3.83. The van der Waals surface area contributed by atoms with Crippen LogP contribution in [0.5, 0.6) is 0 Å². The zero-order valence-corrected chi connectivity index (χ0v) is 20.2. The lowest BCUT2D eigenvalue weighted by atomic mass is 9.97. The Balaban J connectivity index is 1.71. The van der Waals surface area contributed by atoms with Crippen LogP contribution >= 0.6 is 22.7 Å². The first kappa shape index (κ1) is 18.4. The van der Waals surface area contributed by atoms with E-state index in [-0.39, 0.29) is 0 Å². The first-order valence-corrected chi connectivity index (χ1v) is 13.5. The van der Waals surface area contributed by atoms with Crippen molar-refractivity contribution in [2.45, 2.75) is 0 Å². The average molecular weight is 480 g/mol. The fraction of sp³-hybridized carbons (Fsp3) is 0. The minimum atomic E-state index is 1.28. The van der Waals surface area contributed by atoms with Gasteiger partial charge in [-0.2, -0.15) is 0 Å². The number of pyridine rings is 1. The molecular formula is C32H17NS2. The molecule has 0 aliphatic rings. The van der Waals surface area contributed by atoms with Crippen molar-refractivity contribution >= 4 is 101 Å². The van der Waals surface area contributed by atoms with E-state index in [0.717, 1.165) is 0 Å². The van der Waals surface area contributed by atoms with E-state index in [1.165, 1.54) is 78.3 Å². The Labute approximate surface area is 208 Å². The molecule has 0 radical (unpaired) electrons. The monoisotopic (exact) mass is 479 g/mol. The van der Waals surface area contributed by atoms with Crippen molar-refractivity contribution in [2.75, 3.05) is 0 Å². The molecule has 4 heterocycles. The molecule has 0 amide bonds. The Morgan fingerprint density at radius 3 is 2.06 bits per heavy atom. The van der Waals surface area contributed by atoms with Crippen LogP contribution in [0.25, 0.3) is 78.3 Å². The number of fused-ring (bicyclic) bond motifs is 16. The molecule has 0 aliphatic heterocycles. The molecule has 1 nitrogen and oxygen atoms in total. The first-order valence-electron chi connectivity index (χ1n) is 11.9. The van der Waals surface area contributed by atoms with E-state index in [9.17, 15) is 0 Å². The van der Waals surface area contributed by atoms with E-state index in [1.54, 1.807) is 0 Å². The van der Waals surface area contributed by atoms with E-state index in [0.29, 0.717) is 0 Å². The Hall–Kier alpha value is -3.92. The van der Waals surface area contributed by atoms with Crippen LogP contribution in [0.2, 0.25) is 0 Å². The summed E-state index contributed by atoms with van der Waals surface area (Å²) in [7, 11) is 0. The van der Waals surface area contributed by atoms with Crippen molar-refractivity contribution in [3.05, 3.63) is 103 Å². The molecule has 0 N–H and O–H groups in total. The second kappa shape index (κ2) is 6.39. The van der Waals surface area contributed by atoms with Crippen LogP contribution < -0.4 is 0 Å². The fourth-order valence-corrected chi connectivity index (χ4v) is 8.48. The summed E-state index contributed by atoms with van der Waals surface area (Å²) < 4.78 is 7.89. The van der Waals surface area contributed by atoms with Gasteiger partial charge in [0.15, 0.2) is 0 Å². The zero-order chi connectivity index (χ0) is 22.7. The van der Waals surface area contributed by atoms with Crippen molar-refractivity contribution in [2.24, 2.45) is 0 Å². The molecule has 9 aromatic rings. The van der Waals surface area contributed by atoms with Crippen LogP contribution in [0.4, 0.5) is 0 Å². The Kier molecular flexibility index (Phi) is 3.36. The molecule has 0 saturated heterocycles. The molecule has 4 aromatic heterocycles. The molecule has 3 heteroatoms. The first-order chi connectivity index (χ1) is 17.4. The molecule has 0 spiro atoms. The lowest BCUT2D eigenvalue weighted by Gasteiger charge is -2.12. The van der Waals surface area contributed by atoms with Gasteiger partial charge in [-0.15, -0.1) is 22.7 Å². The fourth-order valence-electron chi connectivity index (χ4n) is 6.12. The largest absolute Gasteiger partial charge is 0.315 e. The second-order valence-corrected chi connectivity index (χ2v) is 11.5. The summed E-state index contributed by atoms with van der Waals surface area (Å²) in [6.07, 6.45) is 2.32. The number of nitrogens with zero attached hydrogens (tertiary/aromatic N) is 1. The Morgan fingerprint density at radius 2 is 1.17 bits per heavy atom. The predicted molar refractivity (Wildman–Crippen MR) is 156 cm³/mol. The summed E-state index contributed by atoms with van der Waals surface area (Å²) in [5.74, 6) is 0. The number of thiophene rings is 2. The molecule has 0 bridgehead atoms. The standard InChI is InChI=1S/C32H17NS2/c1-2-8-19-18(7-1)17-33-24-15-13-21-20-9-3-5-11-25(20)35-32(21)30(24)29-23(31(19)33)14-16-27-28(29)22-10-4-6-12-26(22)34-27/h1-17H.